The molecular formula is C23H32O3. The summed E-state index contributed by atoms with van der Waals surface area (Å²) in [5.74, 6) is 1.90. The molecule has 4 rings (SSSR count). The van der Waals surface area contributed by atoms with Gasteiger partial charge in [-0.1, -0.05) is 32.4 Å². The Hall–Kier alpha value is -1.48. The van der Waals surface area contributed by atoms with Gasteiger partial charge in [-0.15, -0.1) is 0 Å². The second kappa shape index (κ2) is 7.26. The second-order valence-corrected chi connectivity index (χ2v) is 8.65. The summed E-state index contributed by atoms with van der Waals surface area (Å²) in [4.78, 5) is 21.6. The van der Waals surface area contributed by atoms with E-state index in [0.29, 0.717) is 18.8 Å². The molecule has 0 bridgehead atoms. The standard InChI is InChI=1S/C19H24O2.C4H8O/c1-11-3-4-14-13(11)5-6-16-15(14)10-18(21)17-9-12(20)7-8-19(16,17)2;1-3-4(2)5/h4,9,11,13,18,21H,3,5-8,10H2,1-2H3;3H2,1-2H3. The highest BCUT2D eigenvalue weighted by atomic mass is 16.3. The van der Waals surface area contributed by atoms with Crippen molar-refractivity contribution in [1.82, 2.24) is 0 Å². The molecule has 0 saturated carbocycles. The lowest BCUT2D eigenvalue weighted by Gasteiger charge is -2.48. The molecule has 4 atom stereocenters. The van der Waals surface area contributed by atoms with Gasteiger partial charge in [0.1, 0.15) is 5.78 Å². The average molecular weight is 357 g/mol. The Bertz CT molecular complexity index is 709. The van der Waals surface area contributed by atoms with E-state index in [4.69, 9.17) is 0 Å². The molecule has 0 spiro atoms. The van der Waals surface area contributed by atoms with Gasteiger partial charge in [0.15, 0.2) is 5.78 Å². The van der Waals surface area contributed by atoms with Crippen LogP contribution in [0.3, 0.4) is 0 Å². The van der Waals surface area contributed by atoms with Crippen LogP contribution in [0.15, 0.2) is 34.4 Å². The first kappa shape index (κ1) is 19.3. The fourth-order valence-electron chi connectivity index (χ4n) is 5.21. The predicted octanol–water partition coefficient (Wildman–Crippen LogP) is 4.70. The van der Waals surface area contributed by atoms with Crippen LogP contribution in [0.4, 0.5) is 0 Å². The van der Waals surface area contributed by atoms with Gasteiger partial charge >= 0.3 is 0 Å². The summed E-state index contributed by atoms with van der Waals surface area (Å²) in [5, 5.41) is 10.6. The molecule has 0 aromatic carbocycles. The van der Waals surface area contributed by atoms with Gasteiger partial charge in [0.2, 0.25) is 0 Å². The number of carbonyl (C=O) groups is 2. The van der Waals surface area contributed by atoms with E-state index in [1.54, 1.807) is 13.0 Å². The van der Waals surface area contributed by atoms with E-state index in [-0.39, 0.29) is 17.0 Å². The Kier molecular flexibility index (Phi) is 5.39. The maximum Gasteiger partial charge on any atom is 0.155 e. The Labute approximate surface area is 157 Å². The number of carbonyl (C=O) groups excluding carboxylic acids is 2. The van der Waals surface area contributed by atoms with Crippen molar-refractivity contribution in [1.29, 1.82) is 0 Å². The molecule has 0 amide bonds. The fraction of sp³-hybridized carbons (Fsp3) is 0.652. The molecule has 0 radical (unpaired) electrons. The Morgan fingerprint density at radius 2 is 2.04 bits per heavy atom. The number of ketones is 2. The summed E-state index contributed by atoms with van der Waals surface area (Å²) in [6.45, 7) is 8.04. The number of allylic oxidation sites excluding steroid dienone is 4. The molecule has 3 heteroatoms. The van der Waals surface area contributed by atoms with Crippen LogP contribution < -0.4 is 0 Å². The summed E-state index contributed by atoms with van der Waals surface area (Å²) >= 11 is 0. The van der Waals surface area contributed by atoms with Crippen molar-refractivity contribution in [2.24, 2.45) is 17.3 Å². The molecule has 142 valence electrons. The lowest BCUT2D eigenvalue weighted by Crippen LogP contribution is -2.40. The third-order valence-corrected chi connectivity index (χ3v) is 6.96. The molecule has 4 aliphatic rings. The van der Waals surface area contributed by atoms with Crippen molar-refractivity contribution in [3.8, 4) is 0 Å². The van der Waals surface area contributed by atoms with Crippen LogP contribution >= 0.6 is 0 Å². The molecule has 4 unspecified atom stereocenters. The highest BCUT2D eigenvalue weighted by Crippen LogP contribution is 2.57. The van der Waals surface area contributed by atoms with Gasteiger partial charge in [0, 0.05) is 24.7 Å². The number of Topliss-reactive ketones (excluding diaryl/α,β-unsaturated/α-hetero) is 1. The second-order valence-electron chi connectivity index (χ2n) is 8.65. The molecule has 0 aromatic heterocycles. The van der Waals surface area contributed by atoms with Crippen molar-refractivity contribution in [3.05, 3.63) is 34.4 Å². The number of rotatable bonds is 1. The number of fused-ring (bicyclic) bond motifs is 4. The number of hydrogen-bond donors (Lipinski definition) is 1. The van der Waals surface area contributed by atoms with Gasteiger partial charge in [0.05, 0.1) is 6.10 Å². The van der Waals surface area contributed by atoms with Gasteiger partial charge in [-0.2, -0.15) is 0 Å². The highest BCUT2D eigenvalue weighted by Gasteiger charge is 2.47. The number of aliphatic hydroxyl groups is 1. The number of aliphatic hydroxyl groups excluding tert-OH is 1. The molecule has 3 nitrogen and oxygen atoms in total. The van der Waals surface area contributed by atoms with E-state index in [0.717, 1.165) is 30.8 Å². The summed E-state index contributed by atoms with van der Waals surface area (Å²) in [6.07, 6.45) is 10.2. The fourth-order valence-corrected chi connectivity index (χ4v) is 5.21. The first-order valence-electron chi connectivity index (χ1n) is 10.1. The minimum absolute atomic E-state index is 0.0709. The summed E-state index contributed by atoms with van der Waals surface area (Å²) < 4.78 is 0. The Morgan fingerprint density at radius 3 is 2.69 bits per heavy atom. The molecule has 0 heterocycles. The highest BCUT2D eigenvalue weighted by molar-refractivity contribution is 5.92. The molecule has 4 aliphatic carbocycles. The van der Waals surface area contributed by atoms with Gasteiger partial charge in [-0.3, -0.25) is 4.79 Å². The molecule has 26 heavy (non-hydrogen) atoms. The zero-order chi connectivity index (χ0) is 19.1. The lowest BCUT2D eigenvalue weighted by atomic mass is 9.57. The van der Waals surface area contributed by atoms with E-state index in [1.807, 2.05) is 6.92 Å². The van der Waals surface area contributed by atoms with Crippen molar-refractivity contribution in [3.63, 3.8) is 0 Å². The monoisotopic (exact) mass is 356 g/mol. The van der Waals surface area contributed by atoms with E-state index < -0.39 is 6.10 Å². The Balaban J connectivity index is 0.000000349. The summed E-state index contributed by atoms with van der Waals surface area (Å²) in [7, 11) is 0. The van der Waals surface area contributed by atoms with E-state index in [2.05, 4.69) is 19.9 Å². The van der Waals surface area contributed by atoms with Crippen LogP contribution in [0, 0.1) is 17.3 Å². The Morgan fingerprint density at radius 1 is 1.35 bits per heavy atom. The summed E-state index contributed by atoms with van der Waals surface area (Å²) in [5.41, 5.74) is 5.42. The average Bonchev–Trinajstić information content (AvgIpc) is 2.99. The first-order chi connectivity index (χ1) is 12.3. The third-order valence-electron chi connectivity index (χ3n) is 6.96. The van der Waals surface area contributed by atoms with Gasteiger partial charge in [-0.05, 0) is 67.2 Å². The smallest absolute Gasteiger partial charge is 0.155 e. The minimum atomic E-state index is -0.464. The third kappa shape index (κ3) is 3.26. The van der Waals surface area contributed by atoms with E-state index in [9.17, 15) is 14.7 Å². The normalized spacial score (nSPS) is 35.4. The van der Waals surface area contributed by atoms with Gasteiger partial charge in [0.25, 0.3) is 0 Å². The maximum atomic E-state index is 11.8. The largest absolute Gasteiger partial charge is 0.388 e. The molecule has 0 aliphatic heterocycles. The summed E-state index contributed by atoms with van der Waals surface area (Å²) in [6, 6.07) is 0. The molecule has 0 saturated heterocycles. The van der Waals surface area contributed by atoms with Crippen LogP contribution in [-0.2, 0) is 9.59 Å². The van der Waals surface area contributed by atoms with Crippen LogP contribution in [-0.4, -0.2) is 22.8 Å². The quantitative estimate of drug-likeness (QED) is 0.740. The van der Waals surface area contributed by atoms with E-state index in [1.165, 1.54) is 29.6 Å². The van der Waals surface area contributed by atoms with Crippen LogP contribution in [0.5, 0.6) is 0 Å². The van der Waals surface area contributed by atoms with E-state index >= 15 is 0 Å². The first-order valence-corrected chi connectivity index (χ1v) is 10.1. The van der Waals surface area contributed by atoms with Crippen molar-refractivity contribution < 1.29 is 14.7 Å². The van der Waals surface area contributed by atoms with Crippen molar-refractivity contribution in [2.75, 3.05) is 0 Å². The molecule has 1 N–H and O–H groups in total. The van der Waals surface area contributed by atoms with Gasteiger partial charge < -0.3 is 9.90 Å². The molecule has 0 fully saturated rings. The van der Waals surface area contributed by atoms with Crippen molar-refractivity contribution >= 4 is 11.6 Å². The molecule has 0 aromatic rings. The zero-order valence-corrected chi connectivity index (χ0v) is 16.6. The zero-order valence-electron chi connectivity index (χ0n) is 16.6. The minimum Gasteiger partial charge on any atom is -0.388 e. The molecular weight excluding hydrogens is 324 g/mol. The SMILES string of the molecule is CC1CC=C2C3=C(CCC21)C1(C)CCC(=O)C=C1C(O)C3.CCC(C)=O. The van der Waals surface area contributed by atoms with Crippen molar-refractivity contribution in [2.45, 2.75) is 78.7 Å². The predicted molar refractivity (Wildman–Crippen MR) is 104 cm³/mol. The van der Waals surface area contributed by atoms with Gasteiger partial charge in [-0.25, -0.2) is 0 Å². The number of hydrogen-bond acceptors (Lipinski definition) is 3. The van der Waals surface area contributed by atoms with Crippen LogP contribution in [0.25, 0.3) is 0 Å². The maximum absolute atomic E-state index is 11.8. The lowest BCUT2D eigenvalue weighted by molar-refractivity contribution is -0.117. The topological polar surface area (TPSA) is 54.4 Å². The van der Waals surface area contributed by atoms with Crippen LogP contribution in [0.1, 0.15) is 72.6 Å². The van der Waals surface area contributed by atoms with Crippen LogP contribution in [0.2, 0.25) is 0 Å².